The maximum Gasteiger partial charge on any atom is 0.230 e. The number of hydrogen-bond acceptors (Lipinski definition) is 2. The SMILES string of the molecule is CCCC1(C(=O)Nc2cc(F)ccc2Cl)CCNCC1. The van der Waals surface area contributed by atoms with Crippen LogP contribution in [-0.4, -0.2) is 19.0 Å². The van der Waals surface area contributed by atoms with Crippen molar-refractivity contribution in [2.75, 3.05) is 18.4 Å². The summed E-state index contributed by atoms with van der Waals surface area (Å²) >= 11 is 6.01. The molecule has 0 aliphatic carbocycles. The van der Waals surface area contributed by atoms with Crippen molar-refractivity contribution in [3.63, 3.8) is 0 Å². The van der Waals surface area contributed by atoms with Crippen LogP contribution in [-0.2, 0) is 4.79 Å². The first kappa shape index (κ1) is 15.3. The Bertz CT molecular complexity index is 481. The molecule has 3 nitrogen and oxygen atoms in total. The van der Waals surface area contributed by atoms with Gasteiger partial charge in [-0.2, -0.15) is 0 Å². The van der Waals surface area contributed by atoms with Gasteiger partial charge in [-0.3, -0.25) is 4.79 Å². The highest BCUT2D eigenvalue weighted by molar-refractivity contribution is 6.33. The van der Waals surface area contributed by atoms with Gasteiger partial charge in [0.05, 0.1) is 16.1 Å². The molecule has 0 atom stereocenters. The second kappa shape index (κ2) is 6.55. The first-order valence-electron chi connectivity index (χ1n) is 7.04. The van der Waals surface area contributed by atoms with Crippen molar-refractivity contribution in [3.8, 4) is 0 Å². The van der Waals surface area contributed by atoms with Gasteiger partial charge in [-0.15, -0.1) is 0 Å². The Morgan fingerprint density at radius 2 is 2.15 bits per heavy atom. The van der Waals surface area contributed by atoms with E-state index in [9.17, 15) is 9.18 Å². The third kappa shape index (κ3) is 3.30. The summed E-state index contributed by atoms with van der Waals surface area (Å²) in [5, 5.41) is 6.44. The molecule has 1 amide bonds. The van der Waals surface area contributed by atoms with Crippen molar-refractivity contribution < 1.29 is 9.18 Å². The molecule has 20 heavy (non-hydrogen) atoms. The van der Waals surface area contributed by atoms with Crippen molar-refractivity contribution in [2.45, 2.75) is 32.6 Å². The molecule has 0 bridgehead atoms. The van der Waals surface area contributed by atoms with Crippen LogP contribution in [0.4, 0.5) is 10.1 Å². The average molecular weight is 299 g/mol. The number of benzene rings is 1. The maximum atomic E-state index is 13.3. The van der Waals surface area contributed by atoms with Crippen LogP contribution in [0.25, 0.3) is 0 Å². The van der Waals surface area contributed by atoms with Crippen molar-refractivity contribution in [1.82, 2.24) is 5.32 Å². The Morgan fingerprint density at radius 1 is 1.45 bits per heavy atom. The third-order valence-corrected chi connectivity index (χ3v) is 4.28. The summed E-state index contributed by atoms with van der Waals surface area (Å²) < 4.78 is 13.3. The predicted octanol–water partition coefficient (Wildman–Crippen LogP) is 3.59. The fraction of sp³-hybridized carbons (Fsp3) is 0.533. The first-order chi connectivity index (χ1) is 9.57. The van der Waals surface area contributed by atoms with Gasteiger partial charge in [0.15, 0.2) is 0 Å². The molecule has 1 aromatic rings. The van der Waals surface area contributed by atoms with Crippen LogP contribution in [0, 0.1) is 11.2 Å². The molecule has 1 aliphatic heterocycles. The number of piperidine rings is 1. The summed E-state index contributed by atoms with van der Waals surface area (Å²) in [6, 6.07) is 4.01. The molecular weight excluding hydrogens is 279 g/mol. The lowest BCUT2D eigenvalue weighted by atomic mass is 9.74. The van der Waals surface area contributed by atoms with E-state index in [2.05, 4.69) is 17.6 Å². The van der Waals surface area contributed by atoms with E-state index >= 15 is 0 Å². The molecule has 1 heterocycles. The normalized spacial score (nSPS) is 17.8. The largest absolute Gasteiger partial charge is 0.324 e. The van der Waals surface area contributed by atoms with Crippen LogP contribution in [0.3, 0.4) is 0 Å². The highest BCUT2D eigenvalue weighted by Gasteiger charge is 2.38. The Hall–Kier alpha value is -1.13. The Morgan fingerprint density at radius 3 is 2.80 bits per heavy atom. The molecule has 5 heteroatoms. The summed E-state index contributed by atoms with van der Waals surface area (Å²) in [4.78, 5) is 12.6. The molecule has 0 radical (unpaired) electrons. The van der Waals surface area contributed by atoms with Crippen LogP contribution in [0.5, 0.6) is 0 Å². The predicted molar refractivity (Wildman–Crippen MR) is 79.5 cm³/mol. The number of hydrogen-bond donors (Lipinski definition) is 2. The quantitative estimate of drug-likeness (QED) is 0.892. The molecule has 1 aromatic carbocycles. The molecule has 1 aliphatic rings. The lowest BCUT2D eigenvalue weighted by molar-refractivity contribution is -0.127. The van der Waals surface area contributed by atoms with Crippen molar-refractivity contribution in [3.05, 3.63) is 29.0 Å². The van der Waals surface area contributed by atoms with E-state index in [1.54, 1.807) is 0 Å². The summed E-state index contributed by atoms with van der Waals surface area (Å²) in [7, 11) is 0. The van der Waals surface area contributed by atoms with E-state index in [4.69, 9.17) is 11.6 Å². The lowest BCUT2D eigenvalue weighted by Gasteiger charge is -2.36. The minimum Gasteiger partial charge on any atom is -0.324 e. The molecule has 1 fully saturated rings. The van der Waals surface area contributed by atoms with Gasteiger partial charge in [-0.05, 0) is 50.6 Å². The van der Waals surface area contributed by atoms with Gasteiger partial charge in [0.1, 0.15) is 5.82 Å². The van der Waals surface area contributed by atoms with Gasteiger partial charge in [0.2, 0.25) is 5.91 Å². The van der Waals surface area contributed by atoms with Crippen LogP contribution in [0.2, 0.25) is 5.02 Å². The molecule has 2 N–H and O–H groups in total. The fourth-order valence-electron chi connectivity index (χ4n) is 2.82. The van der Waals surface area contributed by atoms with Gasteiger partial charge in [0.25, 0.3) is 0 Å². The van der Waals surface area contributed by atoms with Gasteiger partial charge in [-0.25, -0.2) is 4.39 Å². The molecule has 0 unspecified atom stereocenters. The van der Waals surface area contributed by atoms with E-state index < -0.39 is 5.82 Å². The van der Waals surface area contributed by atoms with Gasteiger partial charge in [0, 0.05) is 0 Å². The van der Waals surface area contributed by atoms with Crippen LogP contribution in [0.15, 0.2) is 18.2 Å². The Labute approximate surface area is 123 Å². The van der Waals surface area contributed by atoms with Crippen molar-refractivity contribution >= 4 is 23.2 Å². The fourth-order valence-corrected chi connectivity index (χ4v) is 2.99. The second-order valence-electron chi connectivity index (χ2n) is 5.36. The number of carbonyl (C=O) groups excluding carboxylic acids is 1. The number of anilines is 1. The van der Waals surface area contributed by atoms with E-state index in [0.717, 1.165) is 38.8 Å². The third-order valence-electron chi connectivity index (χ3n) is 3.95. The zero-order valence-electron chi connectivity index (χ0n) is 11.6. The standard InChI is InChI=1S/C15H20ClFN2O/c1-2-5-15(6-8-18-9-7-15)14(20)19-13-10-11(17)3-4-12(13)16/h3-4,10,18H,2,5-9H2,1H3,(H,19,20). The van der Waals surface area contributed by atoms with E-state index in [0.29, 0.717) is 10.7 Å². The maximum absolute atomic E-state index is 13.3. The topological polar surface area (TPSA) is 41.1 Å². The van der Waals surface area contributed by atoms with Crippen LogP contribution >= 0.6 is 11.6 Å². The molecule has 0 aromatic heterocycles. The molecular formula is C15H20ClFN2O. The number of nitrogens with one attached hydrogen (secondary N) is 2. The number of halogens is 2. The monoisotopic (exact) mass is 298 g/mol. The minimum absolute atomic E-state index is 0.0478. The highest BCUT2D eigenvalue weighted by Crippen LogP contribution is 2.36. The second-order valence-corrected chi connectivity index (χ2v) is 5.77. The number of carbonyl (C=O) groups is 1. The van der Waals surface area contributed by atoms with Gasteiger partial charge in [-0.1, -0.05) is 24.9 Å². The lowest BCUT2D eigenvalue weighted by Crippen LogP contribution is -2.44. The highest BCUT2D eigenvalue weighted by atomic mass is 35.5. The summed E-state index contributed by atoms with van der Waals surface area (Å²) in [6.07, 6.45) is 3.40. The summed E-state index contributed by atoms with van der Waals surface area (Å²) in [6.45, 7) is 3.75. The molecule has 2 rings (SSSR count). The van der Waals surface area contributed by atoms with E-state index in [-0.39, 0.29) is 11.3 Å². The minimum atomic E-state index is -0.403. The zero-order chi connectivity index (χ0) is 14.6. The molecule has 110 valence electrons. The average Bonchev–Trinajstić information content (AvgIpc) is 2.44. The zero-order valence-corrected chi connectivity index (χ0v) is 12.4. The van der Waals surface area contributed by atoms with E-state index in [1.165, 1.54) is 18.2 Å². The Kier molecular flexibility index (Phi) is 5.00. The molecule has 0 spiro atoms. The van der Waals surface area contributed by atoms with Crippen LogP contribution in [0.1, 0.15) is 32.6 Å². The van der Waals surface area contributed by atoms with E-state index in [1.807, 2.05) is 0 Å². The van der Waals surface area contributed by atoms with Crippen LogP contribution < -0.4 is 10.6 Å². The first-order valence-corrected chi connectivity index (χ1v) is 7.42. The summed E-state index contributed by atoms with van der Waals surface area (Å²) in [5.41, 5.74) is -0.0130. The molecule has 1 saturated heterocycles. The Balaban J connectivity index is 2.18. The van der Waals surface area contributed by atoms with Gasteiger partial charge >= 0.3 is 0 Å². The number of rotatable bonds is 4. The van der Waals surface area contributed by atoms with Gasteiger partial charge < -0.3 is 10.6 Å². The van der Waals surface area contributed by atoms with Crippen molar-refractivity contribution in [2.24, 2.45) is 5.41 Å². The summed E-state index contributed by atoms with van der Waals surface area (Å²) in [5.74, 6) is -0.451. The molecule has 0 saturated carbocycles. The smallest absolute Gasteiger partial charge is 0.230 e. The number of amides is 1. The van der Waals surface area contributed by atoms with Crippen molar-refractivity contribution in [1.29, 1.82) is 0 Å².